The zero-order valence-corrected chi connectivity index (χ0v) is 17.3. The molecule has 3 aromatic rings. The number of aromatic nitrogens is 3. The number of pyridine rings is 1. The average Bonchev–Trinajstić information content (AvgIpc) is 2.72. The van der Waals surface area contributed by atoms with Gasteiger partial charge in [0.2, 0.25) is 11.9 Å². The number of carbonyl (C=O) groups excluding carboxylic acids is 1. The first-order valence-corrected chi connectivity index (χ1v) is 11.5. The molecule has 2 aromatic heterocycles. The first-order chi connectivity index (χ1) is 14.7. The molecule has 11 heteroatoms. The van der Waals surface area contributed by atoms with Gasteiger partial charge in [0.1, 0.15) is 11.4 Å². The van der Waals surface area contributed by atoms with Crippen LogP contribution in [0.4, 0.5) is 11.8 Å². The van der Waals surface area contributed by atoms with Crippen molar-refractivity contribution < 1.29 is 17.9 Å². The Hall–Kier alpha value is -3.31. The number of hydrogen-bond acceptors (Lipinski definition) is 9. The Kier molecular flexibility index (Phi) is 4.34. The van der Waals surface area contributed by atoms with Crippen molar-refractivity contribution in [1.82, 2.24) is 15.0 Å². The maximum Gasteiger partial charge on any atom is 0.248 e. The van der Waals surface area contributed by atoms with Gasteiger partial charge in [0, 0.05) is 17.7 Å². The number of rotatable bonds is 3. The summed E-state index contributed by atoms with van der Waals surface area (Å²) in [4.78, 5) is 27.0. The number of morpholine rings is 1. The highest BCUT2D eigenvalue weighted by Gasteiger charge is 2.52. The van der Waals surface area contributed by atoms with Gasteiger partial charge in [-0.15, -0.1) is 0 Å². The van der Waals surface area contributed by atoms with Crippen molar-refractivity contribution >= 4 is 38.5 Å². The molecule has 5 rings (SSSR count). The van der Waals surface area contributed by atoms with Crippen LogP contribution < -0.4 is 16.4 Å². The van der Waals surface area contributed by atoms with Crippen LogP contribution in [-0.2, 0) is 14.6 Å². The van der Waals surface area contributed by atoms with Gasteiger partial charge in [-0.25, -0.2) is 13.4 Å². The molecule has 0 bridgehead atoms. The minimum atomic E-state index is -3.05. The number of anilines is 2. The Morgan fingerprint density at radius 3 is 2.68 bits per heavy atom. The summed E-state index contributed by atoms with van der Waals surface area (Å²) in [5.74, 6) is 0.144. The Morgan fingerprint density at radius 1 is 1.13 bits per heavy atom. The van der Waals surface area contributed by atoms with Crippen molar-refractivity contribution in [2.24, 2.45) is 5.73 Å². The van der Waals surface area contributed by atoms with Crippen LogP contribution in [0.15, 0.2) is 36.4 Å². The third-order valence-corrected chi connectivity index (χ3v) is 7.45. The number of hydrogen-bond donors (Lipinski definition) is 2. The third-order valence-electron chi connectivity index (χ3n) is 5.52. The first-order valence-electron chi connectivity index (χ1n) is 9.68. The third kappa shape index (κ3) is 3.55. The Labute approximate surface area is 178 Å². The highest BCUT2D eigenvalue weighted by atomic mass is 32.2. The zero-order valence-electron chi connectivity index (χ0n) is 16.5. The summed E-state index contributed by atoms with van der Waals surface area (Å²) < 4.78 is 29.1. The smallest absolute Gasteiger partial charge is 0.248 e. The number of ether oxygens (including phenoxy) is 1. The van der Waals surface area contributed by atoms with E-state index < -0.39 is 21.3 Å². The molecule has 10 nitrogen and oxygen atoms in total. The van der Waals surface area contributed by atoms with Crippen LogP contribution in [0.2, 0.25) is 0 Å². The van der Waals surface area contributed by atoms with Gasteiger partial charge in [0.15, 0.2) is 15.5 Å². The number of fused-ring (bicyclic) bond motifs is 1. The summed E-state index contributed by atoms with van der Waals surface area (Å²) in [5, 5.41) is 0.604. The number of carbonyl (C=O) groups is 1. The fourth-order valence-corrected chi connectivity index (χ4v) is 5.97. The molecule has 1 spiro atoms. The topological polar surface area (TPSA) is 154 Å². The van der Waals surface area contributed by atoms with E-state index in [2.05, 4.69) is 15.0 Å². The number of nitrogen functional groups attached to an aromatic ring is 1. The van der Waals surface area contributed by atoms with Gasteiger partial charge < -0.3 is 21.1 Å². The average molecular weight is 440 g/mol. The van der Waals surface area contributed by atoms with E-state index in [0.29, 0.717) is 47.9 Å². The van der Waals surface area contributed by atoms with Crippen molar-refractivity contribution in [1.29, 1.82) is 0 Å². The van der Waals surface area contributed by atoms with Crippen LogP contribution in [-0.4, -0.2) is 66.1 Å². The quantitative estimate of drug-likeness (QED) is 0.588. The Morgan fingerprint density at radius 2 is 1.94 bits per heavy atom. The second kappa shape index (κ2) is 6.86. The summed E-state index contributed by atoms with van der Waals surface area (Å²) in [6.07, 6.45) is 0. The molecule has 2 saturated heterocycles. The number of primary amides is 1. The number of amides is 1. The minimum Gasteiger partial charge on any atom is -0.383 e. The van der Waals surface area contributed by atoms with E-state index in [1.54, 1.807) is 30.3 Å². The van der Waals surface area contributed by atoms with Crippen molar-refractivity contribution in [2.45, 2.75) is 5.60 Å². The summed E-state index contributed by atoms with van der Waals surface area (Å²) in [6, 6.07) is 10.4. The van der Waals surface area contributed by atoms with Crippen LogP contribution in [0.25, 0.3) is 22.3 Å². The molecule has 0 saturated carbocycles. The molecule has 0 unspecified atom stereocenters. The van der Waals surface area contributed by atoms with Crippen LogP contribution in [0, 0.1) is 0 Å². The highest BCUT2D eigenvalue weighted by molar-refractivity contribution is 7.93. The lowest BCUT2D eigenvalue weighted by Gasteiger charge is -2.47. The van der Waals surface area contributed by atoms with Crippen molar-refractivity contribution in [3.63, 3.8) is 0 Å². The molecular formula is C20H20N6O4S. The molecule has 160 valence electrons. The second-order valence-electron chi connectivity index (χ2n) is 7.91. The summed E-state index contributed by atoms with van der Waals surface area (Å²) >= 11 is 0. The number of benzene rings is 1. The Bertz CT molecular complexity index is 1310. The van der Waals surface area contributed by atoms with Gasteiger partial charge in [-0.3, -0.25) is 4.79 Å². The van der Waals surface area contributed by atoms with Crippen LogP contribution in [0.5, 0.6) is 0 Å². The van der Waals surface area contributed by atoms with Crippen molar-refractivity contribution in [3.05, 3.63) is 42.0 Å². The molecule has 2 aliphatic heterocycles. The Balaban J connectivity index is 1.51. The van der Waals surface area contributed by atoms with Crippen LogP contribution >= 0.6 is 0 Å². The SMILES string of the molecule is NC(=O)c1cccc(-c2ccc3c(N)nc(N4CCOC5(C4)CS(=O)(=O)C5)nc3n2)c1. The van der Waals surface area contributed by atoms with Gasteiger partial charge in [-0.2, -0.15) is 9.97 Å². The lowest BCUT2D eigenvalue weighted by Crippen LogP contribution is -2.66. The van der Waals surface area contributed by atoms with Gasteiger partial charge in [0.25, 0.3) is 0 Å². The van der Waals surface area contributed by atoms with Crippen LogP contribution in [0.1, 0.15) is 10.4 Å². The summed E-state index contributed by atoms with van der Waals surface area (Å²) in [7, 11) is -3.05. The van der Waals surface area contributed by atoms with E-state index in [4.69, 9.17) is 16.2 Å². The van der Waals surface area contributed by atoms with E-state index in [9.17, 15) is 13.2 Å². The maximum atomic E-state index is 11.7. The largest absolute Gasteiger partial charge is 0.383 e. The first kappa shape index (κ1) is 19.6. The molecule has 4 heterocycles. The molecule has 0 radical (unpaired) electrons. The van der Waals surface area contributed by atoms with Gasteiger partial charge >= 0.3 is 0 Å². The molecule has 31 heavy (non-hydrogen) atoms. The predicted octanol–water partition coefficient (Wildman–Crippen LogP) is 0.377. The summed E-state index contributed by atoms with van der Waals surface area (Å²) in [6.45, 7) is 1.27. The molecule has 0 aliphatic carbocycles. The molecule has 0 atom stereocenters. The molecule has 2 aliphatic rings. The lowest BCUT2D eigenvalue weighted by molar-refractivity contribution is -0.0333. The molecule has 1 aromatic carbocycles. The monoisotopic (exact) mass is 440 g/mol. The molecular weight excluding hydrogens is 420 g/mol. The lowest BCUT2D eigenvalue weighted by atomic mass is 10.1. The fraction of sp³-hybridized carbons (Fsp3) is 0.300. The van der Waals surface area contributed by atoms with Crippen molar-refractivity contribution in [3.8, 4) is 11.3 Å². The predicted molar refractivity (Wildman–Crippen MR) is 115 cm³/mol. The highest BCUT2D eigenvalue weighted by Crippen LogP contribution is 2.33. The van der Waals surface area contributed by atoms with Gasteiger partial charge in [-0.1, -0.05) is 12.1 Å². The maximum absolute atomic E-state index is 11.7. The van der Waals surface area contributed by atoms with Gasteiger partial charge in [0.05, 0.1) is 35.7 Å². The fourth-order valence-electron chi connectivity index (χ4n) is 4.10. The van der Waals surface area contributed by atoms with E-state index in [-0.39, 0.29) is 17.3 Å². The standard InChI is InChI=1S/C20H20N6O4S/c21-16-14-4-5-15(12-2-1-3-13(8-12)17(22)27)23-18(14)25-19(24-16)26-6-7-30-20(9-26)10-31(28,29)11-20/h1-5,8H,6-7,9-11H2,(H2,22,27)(H2,21,23,24,25). The molecule has 1 amide bonds. The molecule has 2 fully saturated rings. The minimum absolute atomic E-state index is 0.00182. The van der Waals surface area contributed by atoms with Crippen LogP contribution in [0.3, 0.4) is 0 Å². The molecule has 4 N–H and O–H groups in total. The van der Waals surface area contributed by atoms with Gasteiger partial charge in [-0.05, 0) is 24.3 Å². The number of sulfone groups is 1. The van der Waals surface area contributed by atoms with E-state index in [1.807, 2.05) is 11.0 Å². The number of nitrogens with two attached hydrogens (primary N) is 2. The normalized spacial score (nSPS) is 19.3. The van der Waals surface area contributed by atoms with E-state index in [0.717, 1.165) is 5.56 Å². The van der Waals surface area contributed by atoms with E-state index >= 15 is 0 Å². The zero-order chi connectivity index (χ0) is 21.8. The number of nitrogens with zero attached hydrogens (tertiary/aromatic N) is 4. The van der Waals surface area contributed by atoms with E-state index in [1.165, 1.54) is 0 Å². The second-order valence-corrected chi connectivity index (χ2v) is 9.97. The van der Waals surface area contributed by atoms with Crippen molar-refractivity contribution in [2.75, 3.05) is 41.8 Å². The summed E-state index contributed by atoms with van der Waals surface area (Å²) in [5.41, 5.74) is 13.0.